The molecular weight excluding hydrogens is 521 g/mol. The molecule has 0 bridgehead atoms. The fourth-order valence-corrected chi connectivity index (χ4v) is 4.24. The summed E-state index contributed by atoms with van der Waals surface area (Å²) in [7, 11) is -3.30. The van der Waals surface area contributed by atoms with E-state index >= 15 is 0 Å². The third-order valence-electron chi connectivity index (χ3n) is 4.61. The Balaban J connectivity index is 0.00000450. The smallest absolute Gasteiger partial charge is 0.216 e. The Bertz CT molecular complexity index is 759. The molecule has 0 aromatic carbocycles. The van der Waals surface area contributed by atoms with Gasteiger partial charge in [-0.05, 0) is 26.7 Å². The molecule has 2 rings (SSSR count). The van der Waals surface area contributed by atoms with Crippen molar-refractivity contribution in [2.45, 2.75) is 53.2 Å². The predicted molar refractivity (Wildman–Crippen MR) is 129 cm³/mol. The van der Waals surface area contributed by atoms with E-state index in [0.717, 1.165) is 24.0 Å². The summed E-state index contributed by atoms with van der Waals surface area (Å²) in [6, 6.07) is 1.93. The highest BCUT2D eigenvalue weighted by molar-refractivity contribution is 14.0. The maximum atomic E-state index is 12.5. The first-order valence-electron chi connectivity index (χ1n) is 10.3. The highest BCUT2D eigenvalue weighted by Gasteiger charge is 2.28. The summed E-state index contributed by atoms with van der Waals surface area (Å²) in [6.07, 6.45) is 0.0296. The number of hydrogen-bond donors (Lipinski definition) is 1. The van der Waals surface area contributed by atoms with Crippen molar-refractivity contribution in [2.75, 3.05) is 45.1 Å². The number of nitrogens with zero attached hydrogens (tertiary/aromatic N) is 4. The van der Waals surface area contributed by atoms with Crippen molar-refractivity contribution in [3.05, 3.63) is 17.5 Å². The molecule has 1 aliphatic heterocycles. The lowest BCUT2D eigenvalue weighted by Gasteiger charge is -2.35. The predicted octanol–water partition coefficient (Wildman–Crippen LogP) is 2.25. The monoisotopic (exact) mass is 557 g/mol. The van der Waals surface area contributed by atoms with Crippen LogP contribution < -0.4 is 5.32 Å². The van der Waals surface area contributed by atoms with Gasteiger partial charge < -0.3 is 19.5 Å². The number of guanidine groups is 1. The summed E-state index contributed by atoms with van der Waals surface area (Å²) in [5, 5.41) is 7.34. The third-order valence-corrected chi connectivity index (χ3v) is 6.45. The molecule has 1 saturated heterocycles. The molecule has 2 heterocycles. The average molecular weight is 557 g/mol. The minimum absolute atomic E-state index is 0. The van der Waals surface area contributed by atoms with E-state index in [0.29, 0.717) is 38.6 Å². The zero-order valence-electron chi connectivity index (χ0n) is 18.6. The van der Waals surface area contributed by atoms with E-state index in [1.807, 2.05) is 26.8 Å². The second kappa shape index (κ2) is 12.8. The Labute approximate surface area is 197 Å². The molecule has 0 unspecified atom stereocenters. The molecule has 11 heteroatoms. The van der Waals surface area contributed by atoms with Gasteiger partial charge in [0.15, 0.2) is 11.7 Å². The Kier molecular flexibility index (Phi) is 11.6. The lowest BCUT2D eigenvalue weighted by atomic mass is 10.1. The summed E-state index contributed by atoms with van der Waals surface area (Å²) >= 11 is 0. The minimum atomic E-state index is -3.30. The first kappa shape index (κ1) is 27.1. The van der Waals surface area contributed by atoms with Crippen LogP contribution in [0.4, 0.5) is 0 Å². The molecule has 1 aromatic rings. The van der Waals surface area contributed by atoms with E-state index in [9.17, 15) is 8.42 Å². The second-order valence-corrected chi connectivity index (χ2v) is 9.75. The number of piperazine rings is 1. The summed E-state index contributed by atoms with van der Waals surface area (Å²) in [5.74, 6) is 1.81. The van der Waals surface area contributed by atoms with E-state index in [4.69, 9.17) is 9.26 Å². The number of hydrogen-bond acceptors (Lipinski definition) is 6. The van der Waals surface area contributed by atoms with E-state index in [1.54, 1.807) is 4.31 Å². The van der Waals surface area contributed by atoms with Crippen molar-refractivity contribution in [3.63, 3.8) is 0 Å². The first-order valence-corrected chi connectivity index (χ1v) is 11.9. The molecule has 30 heavy (non-hydrogen) atoms. The largest absolute Gasteiger partial charge is 0.378 e. The van der Waals surface area contributed by atoms with Gasteiger partial charge in [-0.2, -0.15) is 4.31 Å². The van der Waals surface area contributed by atoms with Gasteiger partial charge >= 0.3 is 0 Å². The van der Waals surface area contributed by atoms with Crippen LogP contribution in [-0.4, -0.2) is 79.9 Å². The number of rotatable bonds is 9. The summed E-state index contributed by atoms with van der Waals surface area (Å²) in [5.41, 5.74) is 0.917. The lowest BCUT2D eigenvalue weighted by molar-refractivity contribution is 0.0904. The summed E-state index contributed by atoms with van der Waals surface area (Å²) in [4.78, 5) is 6.73. The van der Waals surface area contributed by atoms with Crippen LogP contribution in [-0.2, 0) is 21.3 Å². The van der Waals surface area contributed by atoms with Crippen LogP contribution >= 0.6 is 24.0 Å². The normalized spacial score (nSPS) is 16.2. The van der Waals surface area contributed by atoms with Crippen LogP contribution in [0.15, 0.2) is 15.6 Å². The van der Waals surface area contributed by atoms with Crippen LogP contribution in [0.25, 0.3) is 0 Å². The Morgan fingerprint density at radius 3 is 2.47 bits per heavy atom. The molecule has 1 fully saturated rings. The summed E-state index contributed by atoms with van der Waals surface area (Å²) in [6.45, 7) is 13.3. The van der Waals surface area contributed by atoms with Crippen molar-refractivity contribution in [1.29, 1.82) is 0 Å². The first-order chi connectivity index (χ1) is 13.7. The Morgan fingerprint density at radius 1 is 1.27 bits per heavy atom. The molecule has 0 spiro atoms. The fourth-order valence-electron chi connectivity index (χ4n) is 2.95. The van der Waals surface area contributed by atoms with Crippen LogP contribution in [0, 0.1) is 0 Å². The fraction of sp³-hybridized carbons (Fsp3) is 0.789. The molecule has 174 valence electrons. The van der Waals surface area contributed by atoms with Gasteiger partial charge in [0.2, 0.25) is 10.0 Å². The van der Waals surface area contributed by atoms with Crippen LogP contribution in [0.1, 0.15) is 52.0 Å². The van der Waals surface area contributed by atoms with E-state index in [-0.39, 0.29) is 42.4 Å². The molecule has 0 aliphatic carbocycles. The Morgan fingerprint density at radius 2 is 1.93 bits per heavy atom. The van der Waals surface area contributed by atoms with Crippen molar-refractivity contribution < 1.29 is 17.7 Å². The van der Waals surface area contributed by atoms with Crippen LogP contribution in [0.3, 0.4) is 0 Å². The number of ether oxygens (including phenoxy) is 1. The number of nitrogens with one attached hydrogen (secondary N) is 1. The van der Waals surface area contributed by atoms with Gasteiger partial charge in [-0.1, -0.05) is 19.0 Å². The molecule has 1 aromatic heterocycles. The zero-order chi connectivity index (χ0) is 21.4. The zero-order valence-corrected chi connectivity index (χ0v) is 21.8. The van der Waals surface area contributed by atoms with Crippen molar-refractivity contribution >= 4 is 40.0 Å². The average Bonchev–Trinajstić information content (AvgIpc) is 3.14. The molecule has 0 saturated carbocycles. The standard InChI is InChI=1S/C19H35N5O4S.HI/c1-6-20-19(21-14-17-13-18(15(2)3)22-28-17)23-7-9-24(10-8-23)29(25,26)12-11-27-16(4)5;/h13,15-16H,6-12,14H2,1-5H3,(H,20,21);1H. The lowest BCUT2D eigenvalue weighted by Crippen LogP contribution is -2.54. The third kappa shape index (κ3) is 8.31. The van der Waals surface area contributed by atoms with E-state index in [1.165, 1.54) is 0 Å². The molecule has 0 radical (unpaired) electrons. The molecule has 1 N–H and O–H groups in total. The SMILES string of the molecule is CCNC(=NCc1cc(C(C)C)no1)N1CCN(S(=O)(=O)CCOC(C)C)CC1.I. The topological polar surface area (TPSA) is 100 Å². The number of sulfonamides is 1. The number of halogens is 1. The van der Waals surface area contributed by atoms with Gasteiger partial charge in [-0.15, -0.1) is 24.0 Å². The van der Waals surface area contributed by atoms with Gasteiger partial charge in [-0.25, -0.2) is 13.4 Å². The number of aromatic nitrogens is 1. The van der Waals surface area contributed by atoms with Gasteiger partial charge in [-0.3, -0.25) is 0 Å². The van der Waals surface area contributed by atoms with Crippen LogP contribution in [0.2, 0.25) is 0 Å². The highest BCUT2D eigenvalue weighted by Crippen LogP contribution is 2.15. The van der Waals surface area contributed by atoms with Crippen molar-refractivity contribution in [2.24, 2.45) is 4.99 Å². The van der Waals surface area contributed by atoms with Gasteiger partial charge in [0.05, 0.1) is 24.2 Å². The maximum Gasteiger partial charge on any atom is 0.216 e. The summed E-state index contributed by atoms with van der Waals surface area (Å²) < 4.78 is 37.3. The highest BCUT2D eigenvalue weighted by atomic mass is 127. The van der Waals surface area contributed by atoms with Gasteiger partial charge in [0.1, 0.15) is 6.54 Å². The quantitative estimate of drug-likeness (QED) is 0.283. The van der Waals surface area contributed by atoms with Crippen molar-refractivity contribution in [1.82, 2.24) is 19.7 Å². The Hall–Kier alpha value is -0.920. The van der Waals surface area contributed by atoms with Gasteiger partial charge in [0.25, 0.3) is 0 Å². The second-order valence-electron chi connectivity index (χ2n) is 7.66. The van der Waals surface area contributed by atoms with Crippen LogP contribution in [0.5, 0.6) is 0 Å². The molecule has 1 aliphatic rings. The van der Waals surface area contributed by atoms with E-state index < -0.39 is 10.0 Å². The number of aliphatic imine (C=N–C) groups is 1. The van der Waals surface area contributed by atoms with Gasteiger partial charge in [0, 0.05) is 38.8 Å². The molecule has 0 amide bonds. The minimum Gasteiger partial charge on any atom is -0.378 e. The molecule has 9 nitrogen and oxygen atoms in total. The maximum absolute atomic E-state index is 12.5. The van der Waals surface area contributed by atoms with E-state index in [2.05, 4.69) is 34.2 Å². The van der Waals surface area contributed by atoms with Crippen molar-refractivity contribution in [3.8, 4) is 0 Å². The molecule has 0 atom stereocenters. The molecular formula is C19H36IN5O4S.